The first kappa shape index (κ1) is 12.5. The molecule has 0 saturated carbocycles. The summed E-state index contributed by atoms with van der Waals surface area (Å²) in [5.41, 5.74) is 3.82. The third-order valence-electron chi connectivity index (χ3n) is 4.11. The van der Waals surface area contributed by atoms with E-state index in [1.54, 1.807) is 6.20 Å². The van der Waals surface area contributed by atoms with E-state index in [0.717, 1.165) is 48.4 Å². The Morgan fingerprint density at radius 2 is 1.95 bits per heavy atom. The molecule has 0 radical (unpaired) electrons. The van der Waals surface area contributed by atoms with E-state index < -0.39 is 0 Å². The molecule has 4 rings (SSSR count). The van der Waals surface area contributed by atoms with Gasteiger partial charge in [-0.05, 0) is 50.2 Å². The van der Waals surface area contributed by atoms with Gasteiger partial charge in [-0.2, -0.15) is 5.10 Å². The van der Waals surface area contributed by atoms with Crippen molar-refractivity contribution < 1.29 is 0 Å². The lowest BCUT2D eigenvalue weighted by Crippen LogP contribution is -2.27. The molecule has 3 aromatic rings. The molecule has 1 aliphatic rings. The molecule has 0 aliphatic carbocycles. The SMILES string of the molecule is c1cc(-c2[nH]nc3ncccc23)nc(C2CCNCC2)c1. The molecule has 21 heavy (non-hydrogen) atoms. The van der Waals surface area contributed by atoms with E-state index >= 15 is 0 Å². The number of hydrogen-bond acceptors (Lipinski definition) is 4. The van der Waals surface area contributed by atoms with Gasteiger partial charge in [-0.15, -0.1) is 0 Å². The lowest BCUT2D eigenvalue weighted by atomic mass is 9.94. The summed E-state index contributed by atoms with van der Waals surface area (Å²) in [7, 11) is 0. The Hall–Kier alpha value is -2.27. The fourth-order valence-corrected chi connectivity index (χ4v) is 2.98. The minimum absolute atomic E-state index is 0.554. The summed E-state index contributed by atoms with van der Waals surface area (Å²) >= 11 is 0. The predicted octanol–water partition coefficient (Wildman–Crippen LogP) is 2.49. The summed E-state index contributed by atoms with van der Waals surface area (Å²) in [6, 6.07) is 10.2. The van der Waals surface area contributed by atoms with Crippen molar-refractivity contribution in [2.45, 2.75) is 18.8 Å². The van der Waals surface area contributed by atoms with Crippen LogP contribution in [0.2, 0.25) is 0 Å². The first-order valence-electron chi connectivity index (χ1n) is 7.39. The molecule has 0 amide bonds. The number of H-pyrrole nitrogens is 1. The van der Waals surface area contributed by atoms with Crippen molar-refractivity contribution in [2.24, 2.45) is 0 Å². The van der Waals surface area contributed by atoms with Gasteiger partial charge in [0.15, 0.2) is 5.65 Å². The zero-order valence-corrected chi connectivity index (χ0v) is 11.7. The highest BCUT2D eigenvalue weighted by Crippen LogP contribution is 2.28. The van der Waals surface area contributed by atoms with Gasteiger partial charge >= 0.3 is 0 Å². The summed E-state index contributed by atoms with van der Waals surface area (Å²) in [6.07, 6.45) is 4.06. The molecule has 0 spiro atoms. The van der Waals surface area contributed by atoms with Gasteiger partial charge in [0.2, 0.25) is 0 Å². The van der Waals surface area contributed by atoms with Crippen molar-refractivity contribution in [1.29, 1.82) is 0 Å². The second-order valence-corrected chi connectivity index (χ2v) is 5.45. The zero-order valence-electron chi connectivity index (χ0n) is 11.7. The third-order valence-corrected chi connectivity index (χ3v) is 4.11. The van der Waals surface area contributed by atoms with Crippen molar-refractivity contribution in [1.82, 2.24) is 25.5 Å². The van der Waals surface area contributed by atoms with E-state index in [1.807, 2.05) is 18.2 Å². The monoisotopic (exact) mass is 279 g/mol. The summed E-state index contributed by atoms with van der Waals surface area (Å²) in [4.78, 5) is 9.12. The number of nitrogens with zero attached hydrogens (tertiary/aromatic N) is 3. The van der Waals surface area contributed by atoms with Crippen molar-refractivity contribution in [3.63, 3.8) is 0 Å². The van der Waals surface area contributed by atoms with Gasteiger partial charge in [0.25, 0.3) is 0 Å². The van der Waals surface area contributed by atoms with E-state index in [0.29, 0.717) is 5.92 Å². The van der Waals surface area contributed by atoms with Crippen LogP contribution in [0.5, 0.6) is 0 Å². The predicted molar refractivity (Wildman–Crippen MR) is 82.0 cm³/mol. The molecule has 0 aromatic carbocycles. The molecule has 106 valence electrons. The van der Waals surface area contributed by atoms with E-state index in [9.17, 15) is 0 Å². The van der Waals surface area contributed by atoms with Crippen molar-refractivity contribution >= 4 is 11.0 Å². The average molecular weight is 279 g/mol. The second kappa shape index (κ2) is 5.26. The number of hydrogen-bond donors (Lipinski definition) is 2. The van der Waals surface area contributed by atoms with Crippen LogP contribution >= 0.6 is 0 Å². The number of rotatable bonds is 2. The molecule has 1 saturated heterocycles. The van der Waals surface area contributed by atoms with Gasteiger partial charge in [-0.25, -0.2) is 4.98 Å². The smallest absolute Gasteiger partial charge is 0.181 e. The maximum atomic E-state index is 4.86. The van der Waals surface area contributed by atoms with Crippen LogP contribution in [0.25, 0.3) is 22.4 Å². The highest BCUT2D eigenvalue weighted by molar-refractivity contribution is 5.89. The minimum atomic E-state index is 0.554. The Kier molecular flexibility index (Phi) is 3.12. The van der Waals surface area contributed by atoms with E-state index in [1.165, 1.54) is 5.69 Å². The van der Waals surface area contributed by atoms with Gasteiger partial charge in [-0.3, -0.25) is 10.1 Å². The van der Waals surface area contributed by atoms with E-state index in [-0.39, 0.29) is 0 Å². The fourth-order valence-electron chi connectivity index (χ4n) is 2.98. The molecule has 2 N–H and O–H groups in total. The molecule has 0 bridgehead atoms. The Morgan fingerprint density at radius 1 is 1.05 bits per heavy atom. The van der Waals surface area contributed by atoms with Crippen molar-refractivity contribution in [2.75, 3.05) is 13.1 Å². The summed E-state index contributed by atoms with van der Waals surface area (Å²) in [6.45, 7) is 2.15. The van der Waals surface area contributed by atoms with Crippen LogP contribution in [0.3, 0.4) is 0 Å². The van der Waals surface area contributed by atoms with Gasteiger partial charge in [0.1, 0.15) is 0 Å². The minimum Gasteiger partial charge on any atom is -0.317 e. The molecule has 5 heteroatoms. The van der Waals surface area contributed by atoms with Gasteiger partial charge in [-0.1, -0.05) is 6.07 Å². The largest absolute Gasteiger partial charge is 0.317 e. The van der Waals surface area contributed by atoms with Crippen molar-refractivity contribution in [3.8, 4) is 11.4 Å². The lowest BCUT2D eigenvalue weighted by molar-refractivity contribution is 0.453. The van der Waals surface area contributed by atoms with Gasteiger partial charge in [0, 0.05) is 23.2 Å². The molecule has 5 nitrogen and oxygen atoms in total. The second-order valence-electron chi connectivity index (χ2n) is 5.45. The molecule has 1 aliphatic heterocycles. The highest BCUT2D eigenvalue weighted by Gasteiger charge is 2.17. The third kappa shape index (κ3) is 2.29. The summed E-state index contributed by atoms with van der Waals surface area (Å²) in [5, 5.41) is 11.7. The van der Waals surface area contributed by atoms with Gasteiger partial charge in [0.05, 0.1) is 11.4 Å². The van der Waals surface area contributed by atoms with Crippen LogP contribution in [-0.4, -0.2) is 33.3 Å². The first-order valence-corrected chi connectivity index (χ1v) is 7.39. The zero-order chi connectivity index (χ0) is 14.1. The molecule has 3 aromatic heterocycles. The number of pyridine rings is 2. The Morgan fingerprint density at radius 3 is 2.86 bits per heavy atom. The van der Waals surface area contributed by atoms with E-state index in [4.69, 9.17) is 4.98 Å². The van der Waals surface area contributed by atoms with Crippen LogP contribution in [0.4, 0.5) is 0 Å². The average Bonchev–Trinajstić information content (AvgIpc) is 3.00. The topological polar surface area (TPSA) is 66.5 Å². The number of aromatic nitrogens is 4. The van der Waals surface area contributed by atoms with Crippen LogP contribution in [-0.2, 0) is 0 Å². The van der Waals surface area contributed by atoms with Crippen LogP contribution < -0.4 is 5.32 Å². The Balaban J connectivity index is 1.75. The lowest BCUT2D eigenvalue weighted by Gasteiger charge is -2.22. The molecule has 0 unspecified atom stereocenters. The number of piperidine rings is 1. The number of fused-ring (bicyclic) bond motifs is 1. The summed E-state index contributed by atoms with van der Waals surface area (Å²) < 4.78 is 0. The highest BCUT2D eigenvalue weighted by atomic mass is 15.2. The van der Waals surface area contributed by atoms with E-state index in [2.05, 4.69) is 32.6 Å². The molecule has 4 heterocycles. The van der Waals surface area contributed by atoms with Crippen molar-refractivity contribution in [3.05, 3.63) is 42.2 Å². The van der Waals surface area contributed by atoms with Crippen LogP contribution in [0.1, 0.15) is 24.5 Å². The maximum Gasteiger partial charge on any atom is 0.181 e. The quantitative estimate of drug-likeness (QED) is 0.756. The molecular weight excluding hydrogens is 262 g/mol. The Bertz CT molecular complexity index is 758. The van der Waals surface area contributed by atoms with Gasteiger partial charge < -0.3 is 5.32 Å². The summed E-state index contributed by atoms with van der Waals surface area (Å²) in [5.74, 6) is 0.554. The molecule has 0 atom stereocenters. The van der Waals surface area contributed by atoms with Crippen LogP contribution in [0.15, 0.2) is 36.5 Å². The fraction of sp³-hybridized carbons (Fsp3) is 0.312. The molecule has 1 fully saturated rings. The Labute approximate surface area is 122 Å². The number of nitrogens with one attached hydrogen (secondary N) is 2. The standard InChI is InChI=1S/C16H17N5/c1-4-13(11-6-9-17-10-7-11)19-14(5-1)15-12-3-2-8-18-16(12)21-20-15/h1-5,8,11,17H,6-7,9-10H2,(H,18,20,21). The first-order chi connectivity index (χ1) is 10.4. The number of aromatic amines is 1. The van der Waals surface area contributed by atoms with Crippen LogP contribution in [0, 0.1) is 0 Å². The maximum absolute atomic E-state index is 4.86. The molecular formula is C16H17N5. The normalized spacial score (nSPS) is 16.4.